The van der Waals surface area contributed by atoms with E-state index in [-0.39, 0.29) is 0 Å². The van der Waals surface area contributed by atoms with E-state index in [0.717, 1.165) is 10.0 Å². The molecule has 0 atom stereocenters. The van der Waals surface area contributed by atoms with Gasteiger partial charge in [0.1, 0.15) is 0 Å². The molecule has 0 saturated carbocycles. The predicted octanol–water partition coefficient (Wildman–Crippen LogP) is 2.64. The third kappa shape index (κ3) is 3.76. The standard InChI is InChI=1S/C14H18BrN5O2/c1-4-6-20-14(17-18-19-20)16-9-10-7-11(15)13(22-5-2)12(8-10)21-3/h4,7-8H,1,5-6,9H2,2-3H3,(H,16,17,19). The number of tetrazole rings is 1. The van der Waals surface area contributed by atoms with Crippen molar-refractivity contribution < 1.29 is 9.47 Å². The minimum atomic E-state index is 0.547. The topological polar surface area (TPSA) is 74.1 Å². The molecule has 0 radical (unpaired) electrons. The minimum Gasteiger partial charge on any atom is -0.493 e. The van der Waals surface area contributed by atoms with Crippen LogP contribution in [0.25, 0.3) is 0 Å². The van der Waals surface area contributed by atoms with Gasteiger partial charge in [-0.3, -0.25) is 0 Å². The van der Waals surface area contributed by atoms with Crippen LogP contribution in [0.2, 0.25) is 0 Å². The third-order valence-corrected chi connectivity index (χ3v) is 3.45. The number of rotatable bonds is 8. The van der Waals surface area contributed by atoms with Crippen molar-refractivity contribution >= 4 is 21.9 Å². The highest BCUT2D eigenvalue weighted by molar-refractivity contribution is 9.10. The lowest BCUT2D eigenvalue weighted by Gasteiger charge is -2.13. The fourth-order valence-electron chi connectivity index (χ4n) is 1.92. The van der Waals surface area contributed by atoms with Gasteiger partial charge in [0.05, 0.1) is 24.7 Å². The molecule has 7 nitrogen and oxygen atoms in total. The van der Waals surface area contributed by atoms with E-state index >= 15 is 0 Å². The maximum absolute atomic E-state index is 5.58. The van der Waals surface area contributed by atoms with E-state index in [9.17, 15) is 0 Å². The van der Waals surface area contributed by atoms with Gasteiger partial charge >= 0.3 is 0 Å². The second-order valence-corrected chi connectivity index (χ2v) is 5.22. The predicted molar refractivity (Wildman–Crippen MR) is 87.2 cm³/mol. The Balaban J connectivity index is 2.14. The van der Waals surface area contributed by atoms with Crippen LogP contribution in [0.5, 0.6) is 11.5 Å². The summed E-state index contributed by atoms with van der Waals surface area (Å²) in [6.07, 6.45) is 1.73. The number of aromatic nitrogens is 4. The number of halogens is 1. The lowest BCUT2D eigenvalue weighted by Crippen LogP contribution is -2.08. The summed E-state index contributed by atoms with van der Waals surface area (Å²) in [5.41, 5.74) is 1.01. The number of hydrogen-bond acceptors (Lipinski definition) is 6. The molecule has 0 unspecified atom stereocenters. The normalized spacial score (nSPS) is 10.3. The Labute approximate surface area is 137 Å². The zero-order valence-corrected chi connectivity index (χ0v) is 14.1. The Morgan fingerprint density at radius 3 is 2.95 bits per heavy atom. The van der Waals surface area contributed by atoms with Crippen LogP contribution in [0, 0.1) is 0 Å². The summed E-state index contributed by atoms with van der Waals surface area (Å²) in [5, 5.41) is 14.6. The van der Waals surface area contributed by atoms with Gasteiger partial charge in [-0.25, -0.2) is 4.68 Å². The summed E-state index contributed by atoms with van der Waals surface area (Å²) >= 11 is 3.51. The van der Waals surface area contributed by atoms with E-state index in [4.69, 9.17) is 9.47 Å². The molecule has 0 bridgehead atoms. The molecule has 0 aliphatic rings. The maximum atomic E-state index is 5.58. The SMILES string of the molecule is C=CCn1nnnc1NCc1cc(Br)c(OCC)c(OC)c1. The molecule has 2 rings (SSSR count). The highest BCUT2D eigenvalue weighted by atomic mass is 79.9. The first-order valence-electron chi connectivity index (χ1n) is 6.79. The average Bonchev–Trinajstić information content (AvgIpc) is 2.95. The molecule has 1 aromatic heterocycles. The number of benzene rings is 1. The number of methoxy groups -OCH3 is 1. The number of nitrogens with one attached hydrogen (secondary N) is 1. The van der Waals surface area contributed by atoms with Crippen LogP contribution in [0.15, 0.2) is 29.3 Å². The Morgan fingerprint density at radius 1 is 1.45 bits per heavy atom. The Kier molecular flexibility index (Phi) is 5.76. The van der Waals surface area contributed by atoms with Crippen LogP contribution in [-0.2, 0) is 13.1 Å². The van der Waals surface area contributed by atoms with Gasteiger partial charge in [-0.15, -0.1) is 6.58 Å². The second kappa shape index (κ2) is 7.79. The Hall–Kier alpha value is -2.09. The molecule has 118 valence electrons. The zero-order valence-electron chi connectivity index (χ0n) is 12.5. The lowest BCUT2D eigenvalue weighted by atomic mass is 10.2. The van der Waals surface area contributed by atoms with Gasteiger partial charge in [0.25, 0.3) is 0 Å². The molecule has 0 aliphatic carbocycles. The number of allylic oxidation sites excluding steroid dienone is 1. The molecular formula is C14H18BrN5O2. The number of anilines is 1. The molecule has 0 saturated heterocycles. The van der Waals surface area contributed by atoms with Crippen LogP contribution in [0.1, 0.15) is 12.5 Å². The van der Waals surface area contributed by atoms with Gasteiger partial charge < -0.3 is 14.8 Å². The number of nitrogens with zero attached hydrogens (tertiary/aromatic N) is 4. The number of ether oxygens (including phenoxy) is 2. The molecular weight excluding hydrogens is 350 g/mol. The molecule has 1 heterocycles. The molecule has 0 fully saturated rings. The van der Waals surface area contributed by atoms with Gasteiger partial charge in [0.15, 0.2) is 11.5 Å². The van der Waals surface area contributed by atoms with Crippen molar-refractivity contribution in [2.75, 3.05) is 19.0 Å². The van der Waals surface area contributed by atoms with Crippen LogP contribution >= 0.6 is 15.9 Å². The Morgan fingerprint density at radius 2 is 2.27 bits per heavy atom. The monoisotopic (exact) mass is 367 g/mol. The Bertz CT molecular complexity index is 644. The first kappa shape index (κ1) is 16.3. The van der Waals surface area contributed by atoms with E-state index in [1.165, 1.54) is 0 Å². The first-order chi connectivity index (χ1) is 10.7. The first-order valence-corrected chi connectivity index (χ1v) is 7.59. The molecule has 1 N–H and O–H groups in total. The van der Waals surface area contributed by atoms with E-state index < -0.39 is 0 Å². The minimum absolute atomic E-state index is 0.547. The average molecular weight is 368 g/mol. The molecule has 0 spiro atoms. The summed E-state index contributed by atoms with van der Waals surface area (Å²) in [4.78, 5) is 0. The van der Waals surface area contributed by atoms with Crippen LogP contribution in [0.3, 0.4) is 0 Å². The summed E-state index contributed by atoms with van der Waals surface area (Å²) < 4.78 is 13.4. The highest BCUT2D eigenvalue weighted by Gasteiger charge is 2.12. The van der Waals surface area contributed by atoms with Gasteiger partial charge in [0, 0.05) is 6.54 Å². The van der Waals surface area contributed by atoms with Crippen LogP contribution in [-0.4, -0.2) is 33.9 Å². The van der Waals surface area contributed by atoms with Crippen molar-refractivity contribution in [3.8, 4) is 11.5 Å². The lowest BCUT2D eigenvalue weighted by molar-refractivity contribution is 0.308. The van der Waals surface area contributed by atoms with E-state index in [2.05, 4.69) is 43.4 Å². The quantitative estimate of drug-likeness (QED) is 0.723. The van der Waals surface area contributed by atoms with Gasteiger partial charge in [-0.05, 0) is 51.0 Å². The van der Waals surface area contributed by atoms with Crippen molar-refractivity contribution in [3.63, 3.8) is 0 Å². The van der Waals surface area contributed by atoms with E-state index in [1.807, 2.05) is 19.1 Å². The smallest absolute Gasteiger partial charge is 0.243 e. The third-order valence-electron chi connectivity index (χ3n) is 2.86. The summed E-state index contributed by atoms with van der Waals surface area (Å²) in [7, 11) is 1.62. The summed E-state index contributed by atoms with van der Waals surface area (Å²) in [5.74, 6) is 1.97. The van der Waals surface area contributed by atoms with E-state index in [1.54, 1.807) is 17.9 Å². The van der Waals surface area contributed by atoms with Crippen molar-refractivity contribution in [1.82, 2.24) is 20.2 Å². The van der Waals surface area contributed by atoms with Crippen molar-refractivity contribution in [3.05, 3.63) is 34.8 Å². The van der Waals surface area contributed by atoms with Crippen molar-refractivity contribution in [2.45, 2.75) is 20.0 Å². The highest BCUT2D eigenvalue weighted by Crippen LogP contribution is 2.36. The van der Waals surface area contributed by atoms with Gasteiger partial charge in [-0.1, -0.05) is 11.2 Å². The van der Waals surface area contributed by atoms with Crippen LogP contribution in [0.4, 0.5) is 5.95 Å². The van der Waals surface area contributed by atoms with Crippen molar-refractivity contribution in [2.24, 2.45) is 0 Å². The summed E-state index contributed by atoms with van der Waals surface area (Å²) in [6.45, 7) is 7.28. The zero-order chi connectivity index (χ0) is 15.9. The van der Waals surface area contributed by atoms with Gasteiger partial charge in [-0.2, -0.15) is 0 Å². The molecule has 22 heavy (non-hydrogen) atoms. The van der Waals surface area contributed by atoms with Crippen molar-refractivity contribution in [1.29, 1.82) is 0 Å². The largest absolute Gasteiger partial charge is 0.493 e. The molecule has 1 aromatic carbocycles. The van der Waals surface area contributed by atoms with E-state index in [0.29, 0.717) is 37.1 Å². The second-order valence-electron chi connectivity index (χ2n) is 4.37. The summed E-state index contributed by atoms with van der Waals surface area (Å²) in [6, 6.07) is 3.90. The fraction of sp³-hybridized carbons (Fsp3) is 0.357. The number of hydrogen-bond donors (Lipinski definition) is 1. The van der Waals surface area contributed by atoms with Gasteiger partial charge in [0.2, 0.25) is 5.95 Å². The fourth-order valence-corrected chi connectivity index (χ4v) is 2.52. The molecule has 2 aromatic rings. The van der Waals surface area contributed by atoms with Crippen LogP contribution < -0.4 is 14.8 Å². The molecule has 8 heteroatoms. The maximum Gasteiger partial charge on any atom is 0.243 e. The molecule has 0 aliphatic heterocycles. The molecule has 0 amide bonds.